The van der Waals surface area contributed by atoms with Crippen molar-refractivity contribution in [2.75, 3.05) is 13.6 Å². The van der Waals surface area contributed by atoms with Crippen LogP contribution >= 0.6 is 15.2 Å². The molecule has 10 heteroatoms. The predicted molar refractivity (Wildman–Crippen MR) is 111 cm³/mol. The summed E-state index contributed by atoms with van der Waals surface area (Å²) >= 11 is 0. The minimum absolute atomic E-state index is 0.162. The van der Waals surface area contributed by atoms with Crippen LogP contribution in [-0.2, 0) is 18.2 Å². The highest BCUT2D eigenvalue weighted by Crippen LogP contribution is 2.41. The van der Waals surface area contributed by atoms with Gasteiger partial charge in [0.25, 0.3) is 0 Å². The molecule has 0 radical (unpaired) electrons. The first-order valence-corrected chi connectivity index (χ1v) is 11.9. The number of ether oxygens (including phenoxy) is 2. The van der Waals surface area contributed by atoms with Crippen LogP contribution in [0.4, 0.5) is 0 Å². The van der Waals surface area contributed by atoms with E-state index in [1.165, 1.54) is 30.3 Å². The summed E-state index contributed by atoms with van der Waals surface area (Å²) in [7, 11) is -7.99. The van der Waals surface area contributed by atoms with Gasteiger partial charge in [0.05, 0.1) is 10.6 Å². The molecule has 3 rings (SSSR count). The third kappa shape index (κ3) is 6.28. The van der Waals surface area contributed by atoms with E-state index < -0.39 is 28.8 Å². The molecule has 0 aliphatic rings. The van der Waals surface area contributed by atoms with E-state index in [1.807, 2.05) is 0 Å². The van der Waals surface area contributed by atoms with Gasteiger partial charge in [0.2, 0.25) is 0 Å². The van der Waals surface area contributed by atoms with E-state index in [0.717, 1.165) is 0 Å². The van der Waals surface area contributed by atoms with E-state index >= 15 is 0 Å². The SMILES string of the molecule is O=P(O)(OCOc1cccc(OCOP(=O)(O)c2ccccc2)c1)c1ccccc1. The summed E-state index contributed by atoms with van der Waals surface area (Å²) in [6, 6.07) is 22.3. The zero-order valence-corrected chi connectivity index (χ0v) is 17.5. The van der Waals surface area contributed by atoms with Crippen molar-refractivity contribution in [2.24, 2.45) is 0 Å². The van der Waals surface area contributed by atoms with Crippen molar-refractivity contribution < 1.29 is 37.4 Å². The van der Waals surface area contributed by atoms with E-state index in [1.54, 1.807) is 54.6 Å². The van der Waals surface area contributed by atoms with Crippen molar-refractivity contribution in [3.05, 3.63) is 84.9 Å². The molecule has 3 aromatic carbocycles. The Morgan fingerprint density at radius 1 is 0.600 bits per heavy atom. The van der Waals surface area contributed by atoms with E-state index in [4.69, 9.17) is 18.5 Å². The highest BCUT2D eigenvalue weighted by Gasteiger charge is 2.23. The Kier molecular flexibility index (Phi) is 7.45. The van der Waals surface area contributed by atoms with Crippen molar-refractivity contribution in [3.63, 3.8) is 0 Å². The maximum absolute atomic E-state index is 12.2. The maximum atomic E-state index is 12.2. The maximum Gasteiger partial charge on any atom is 0.361 e. The van der Waals surface area contributed by atoms with Gasteiger partial charge in [0.1, 0.15) is 11.5 Å². The second-order valence-electron chi connectivity index (χ2n) is 5.97. The molecule has 0 aliphatic heterocycles. The number of rotatable bonds is 10. The molecule has 30 heavy (non-hydrogen) atoms. The Morgan fingerprint density at radius 3 is 1.40 bits per heavy atom. The third-order valence-electron chi connectivity index (χ3n) is 3.88. The molecule has 0 bridgehead atoms. The van der Waals surface area contributed by atoms with Gasteiger partial charge in [-0.2, -0.15) is 0 Å². The van der Waals surface area contributed by atoms with Crippen LogP contribution < -0.4 is 20.1 Å². The van der Waals surface area contributed by atoms with Crippen LogP contribution in [0.2, 0.25) is 0 Å². The van der Waals surface area contributed by atoms with Gasteiger partial charge in [0, 0.05) is 6.07 Å². The van der Waals surface area contributed by atoms with Crippen LogP contribution in [0.3, 0.4) is 0 Å². The molecule has 2 atom stereocenters. The summed E-state index contributed by atoms with van der Waals surface area (Å²) < 4.78 is 45.0. The second-order valence-corrected chi connectivity index (χ2v) is 9.60. The molecule has 0 aliphatic carbocycles. The van der Waals surface area contributed by atoms with E-state index in [-0.39, 0.29) is 10.6 Å². The highest BCUT2D eigenvalue weighted by molar-refractivity contribution is 7.61. The fraction of sp³-hybridized carbons (Fsp3) is 0.100. The zero-order chi connectivity index (χ0) is 21.5. The minimum atomic E-state index is -3.99. The van der Waals surface area contributed by atoms with Gasteiger partial charge in [-0.15, -0.1) is 0 Å². The molecule has 0 saturated carbocycles. The summed E-state index contributed by atoms with van der Waals surface area (Å²) in [4.78, 5) is 19.9. The summed E-state index contributed by atoms with van der Waals surface area (Å²) in [5.74, 6) is 0.631. The predicted octanol–water partition coefficient (Wildman–Crippen LogP) is 3.41. The van der Waals surface area contributed by atoms with Crippen molar-refractivity contribution >= 4 is 25.8 Å². The van der Waals surface area contributed by atoms with Crippen LogP contribution in [0, 0.1) is 0 Å². The van der Waals surface area contributed by atoms with Crippen LogP contribution in [0.1, 0.15) is 0 Å². The standard InChI is InChI=1S/C20H20O8P2/c21-29(22,19-10-3-1-4-11-19)27-15-25-17-8-7-9-18(14-17)26-16-28-30(23,24)20-12-5-2-6-13-20/h1-14H,15-16H2,(H,21,22)(H,23,24). The Hall–Kier alpha value is -2.44. The largest absolute Gasteiger partial charge is 0.467 e. The number of hydrogen-bond acceptors (Lipinski definition) is 6. The molecule has 0 aromatic heterocycles. The molecule has 8 nitrogen and oxygen atoms in total. The van der Waals surface area contributed by atoms with Gasteiger partial charge in [0.15, 0.2) is 13.6 Å². The molecule has 0 heterocycles. The van der Waals surface area contributed by atoms with Crippen LogP contribution in [0.15, 0.2) is 84.9 Å². The monoisotopic (exact) mass is 450 g/mol. The van der Waals surface area contributed by atoms with Crippen LogP contribution in [0.5, 0.6) is 11.5 Å². The molecule has 0 saturated heterocycles. The first kappa shape index (κ1) is 22.2. The molecular formula is C20H20O8P2. The zero-order valence-electron chi connectivity index (χ0n) is 15.7. The number of benzene rings is 3. The molecule has 0 fully saturated rings. The molecule has 158 valence electrons. The summed E-state index contributed by atoms with van der Waals surface area (Å²) in [5.41, 5.74) is 0. The lowest BCUT2D eigenvalue weighted by Gasteiger charge is -2.14. The van der Waals surface area contributed by atoms with Crippen molar-refractivity contribution in [1.29, 1.82) is 0 Å². The fourth-order valence-corrected chi connectivity index (χ4v) is 4.15. The molecule has 3 aromatic rings. The summed E-state index contributed by atoms with van der Waals surface area (Å²) in [5, 5.41) is 0.323. The average molecular weight is 450 g/mol. The Labute approximate surface area is 173 Å². The molecule has 0 amide bonds. The molecule has 0 spiro atoms. The van der Waals surface area contributed by atoms with E-state index in [9.17, 15) is 18.9 Å². The smallest absolute Gasteiger partial charge is 0.361 e. The first-order chi connectivity index (χ1) is 14.4. The molecule has 2 unspecified atom stereocenters. The Bertz CT molecular complexity index is 962. The van der Waals surface area contributed by atoms with Crippen molar-refractivity contribution in [1.82, 2.24) is 0 Å². The van der Waals surface area contributed by atoms with Gasteiger partial charge in [-0.1, -0.05) is 42.5 Å². The van der Waals surface area contributed by atoms with Crippen molar-refractivity contribution in [2.45, 2.75) is 0 Å². The highest BCUT2D eigenvalue weighted by atomic mass is 31.2. The lowest BCUT2D eigenvalue weighted by molar-refractivity contribution is 0.104. The fourth-order valence-electron chi connectivity index (χ4n) is 2.37. The lowest BCUT2D eigenvalue weighted by Crippen LogP contribution is -2.10. The lowest BCUT2D eigenvalue weighted by atomic mass is 10.3. The van der Waals surface area contributed by atoms with E-state index in [0.29, 0.717) is 11.5 Å². The topological polar surface area (TPSA) is 112 Å². The minimum Gasteiger partial charge on any atom is -0.467 e. The normalized spacial score (nSPS) is 15.0. The Balaban J connectivity index is 1.50. The Morgan fingerprint density at radius 2 is 1.00 bits per heavy atom. The van der Waals surface area contributed by atoms with Crippen LogP contribution in [-0.4, -0.2) is 23.4 Å². The van der Waals surface area contributed by atoms with Gasteiger partial charge in [-0.3, -0.25) is 18.2 Å². The van der Waals surface area contributed by atoms with Gasteiger partial charge >= 0.3 is 15.2 Å². The molecule has 2 N–H and O–H groups in total. The third-order valence-corrected chi connectivity index (χ3v) is 6.69. The number of hydrogen-bond donors (Lipinski definition) is 2. The van der Waals surface area contributed by atoms with Gasteiger partial charge < -0.3 is 19.3 Å². The summed E-state index contributed by atoms with van der Waals surface area (Å²) in [6.07, 6.45) is 0. The van der Waals surface area contributed by atoms with Crippen LogP contribution in [0.25, 0.3) is 0 Å². The second kappa shape index (κ2) is 10.0. The first-order valence-electron chi connectivity index (χ1n) is 8.78. The van der Waals surface area contributed by atoms with E-state index in [2.05, 4.69) is 0 Å². The average Bonchev–Trinajstić information content (AvgIpc) is 2.75. The summed E-state index contributed by atoms with van der Waals surface area (Å²) in [6.45, 7) is -0.912. The van der Waals surface area contributed by atoms with Gasteiger partial charge in [-0.25, -0.2) is 0 Å². The quantitative estimate of drug-likeness (QED) is 0.357. The van der Waals surface area contributed by atoms with Crippen molar-refractivity contribution in [3.8, 4) is 11.5 Å². The molecular weight excluding hydrogens is 430 g/mol. The van der Waals surface area contributed by atoms with Gasteiger partial charge in [-0.05, 0) is 36.4 Å².